The molecule has 24 heavy (non-hydrogen) atoms. The van der Waals surface area contributed by atoms with Gasteiger partial charge in [0.25, 0.3) is 0 Å². The van der Waals surface area contributed by atoms with Crippen molar-refractivity contribution in [1.29, 1.82) is 0 Å². The van der Waals surface area contributed by atoms with E-state index < -0.39 is 0 Å². The van der Waals surface area contributed by atoms with Gasteiger partial charge in [-0.05, 0) is 30.7 Å². The molecule has 1 fully saturated rings. The fourth-order valence-electron chi connectivity index (χ4n) is 3.98. The lowest BCUT2D eigenvalue weighted by atomic mass is 9.92. The molecule has 5 rings (SSSR count). The number of anilines is 1. The molecule has 1 amide bonds. The van der Waals surface area contributed by atoms with Crippen LogP contribution < -0.4 is 5.32 Å². The molecule has 0 aliphatic heterocycles. The summed E-state index contributed by atoms with van der Waals surface area (Å²) in [5.74, 6) is 1.26. The van der Waals surface area contributed by atoms with Crippen LogP contribution in [-0.2, 0) is 4.79 Å². The van der Waals surface area contributed by atoms with Crippen LogP contribution in [0.3, 0.4) is 0 Å². The first-order valence-electron chi connectivity index (χ1n) is 8.29. The Kier molecular flexibility index (Phi) is 3.10. The van der Waals surface area contributed by atoms with Crippen LogP contribution in [-0.4, -0.2) is 15.3 Å². The van der Waals surface area contributed by atoms with E-state index in [4.69, 9.17) is 0 Å². The molecule has 4 nitrogen and oxygen atoms in total. The molecular weight excluding hydrogens is 318 g/mol. The van der Waals surface area contributed by atoms with Gasteiger partial charge in [-0.15, -0.1) is 11.3 Å². The van der Waals surface area contributed by atoms with Crippen molar-refractivity contribution in [3.63, 3.8) is 0 Å². The van der Waals surface area contributed by atoms with Crippen molar-refractivity contribution in [2.45, 2.75) is 12.8 Å². The normalized spacial score (nSPS) is 24.8. The highest BCUT2D eigenvalue weighted by atomic mass is 32.1. The van der Waals surface area contributed by atoms with E-state index in [9.17, 15) is 4.79 Å². The summed E-state index contributed by atoms with van der Waals surface area (Å²) in [5.41, 5.74) is 2.71. The largest absolute Gasteiger partial charge is 0.325 e. The van der Waals surface area contributed by atoms with Crippen molar-refractivity contribution in [1.82, 2.24) is 9.38 Å². The molecule has 2 aliphatic carbocycles. The highest BCUT2D eigenvalue weighted by Crippen LogP contribution is 2.44. The molecule has 2 aromatic heterocycles. The molecule has 1 aromatic carbocycles. The number of nitrogens with one attached hydrogen (secondary N) is 1. The van der Waals surface area contributed by atoms with Crippen molar-refractivity contribution >= 4 is 27.9 Å². The van der Waals surface area contributed by atoms with Gasteiger partial charge in [0.05, 0.1) is 11.4 Å². The van der Waals surface area contributed by atoms with Gasteiger partial charge >= 0.3 is 0 Å². The number of para-hydroxylation sites is 1. The predicted molar refractivity (Wildman–Crippen MR) is 96.0 cm³/mol. The molecule has 1 N–H and O–H groups in total. The van der Waals surface area contributed by atoms with Crippen LogP contribution >= 0.6 is 11.3 Å². The smallest absolute Gasteiger partial charge is 0.228 e. The number of nitrogens with zero attached hydrogens (tertiary/aromatic N) is 2. The van der Waals surface area contributed by atoms with Crippen molar-refractivity contribution < 1.29 is 4.79 Å². The molecule has 1 saturated carbocycles. The van der Waals surface area contributed by atoms with E-state index in [0.29, 0.717) is 11.8 Å². The Morgan fingerprint density at radius 2 is 2.17 bits per heavy atom. The lowest BCUT2D eigenvalue weighted by Crippen LogP contribution is -2.26. The Labute approximate surface area is 143 Å². The van der Waals surface area contributed by atoms with Gasteiger partial charge in [0.2, 0.25) is 5.91 Å². The van der Waals surface area contributed by atoms with E-state index in [0.717, 1.165) is 34.7 Å². The Hall–Kier alpha value is -2.40. The van der Waals surface area contributed by atoms with Crippen LogP contribution in [0.5, 0.6) is 0 Å². The maximum atomic E-state index is 12.7. The second kappa shape index (κ2) is 5.31. The van der Waals surface area contributed by atoms with E-state index in [2.05, 4.69) is 22.5 Å². The minimum atomic E-state index is 0.110. The fraction of sp³-hybridized carbons (Fsp3) is 0.263. The van der Waals surface area contributed by atoms with Gasteiger partial charge < -0.3 is 5.32 Å². The molecule has 2 bridgehead atoms. The van der Waals surface area contributed by atoms with Crippen LogP contribution in [0.2, 0.25) is 0 Å². The molecule has 120 valence electrons. The van der Waals surface area contributed by atoms with Crippen LogP contribution in [0.15, 0.2) is 54.2 Å². The number of aromatic nitrogens is 2. The molecule has 0 radical (unpaired) electrons. The number of thiazole rings is 1. The summed E-state index contributed by atoms with van der Waals surface area (Å²) in [6, 6.07) is 7.92. The van der Waals surface area contributed by atoms with Crippen molar-refractivity contribution in [2.75, 3.05) is 5.32 Å². The standard InChI is InChI=1S/C19H17N3OS/c23-18(15-10-12-5-6-13(15)9-12)20-16-4-2-1-3-14(16)17-11-22-7-8-24-19(22)21-17/h1-8,11-13,15H,9-10H2,(H,20,23). The summed E-state index contributed by atoms with van der Waals surface area (Å²) in [7, 11) is 0. The zero-order valence-corrected chi connectivity index (χ0v) is 13.9. The third-order valence-corrected chi connectivity index (χ3v) is 5.94. The van der Waals surface area contributed by atoms with Crippen molar-refractivity contribution in [3.05, 3.63) is 54.2 Å². The first-order valence-corrected chi connectivity index (χ1v) is 9.17. The quantitative estimate of drug-likeness (QED) is 0.729. The van der Waals surface area contributed by atoms with Gasteiger partial charge in [0, 0.05) is 29.3 Å². The van der Waals surface area contributed by atoms with E-state index in [-0.39, 0.29) is 11.8 Å². The van der Waals surface area contributed by atoms with Gasteiger partial charge in [-0.3, -0.25) is 9.20 Å². The Morgan fingerprint density at radius 1 is 1.25 bits per heavy atom. The average molecular weight is 335 g/mol. The molecule has 0 spiro atoms. The SMILES string of the molecule is O=C(Nc1ccccc1-c1cn2ccsc2n1)C1CC2C=CC1C2. The number of carbonyl (C=O) groups is 1. The number of allylic oxidation sites excluding steroid dienone is 2. The molecule has 2 heterocycles. The Bertz CT molecular complexity index is 926. The zero-order chi connectivity index (χ0) is 16.1. The van der Waals surface area contributed by atoms with Gasteiger partial charge in [-0.2, -0.15) is 0 Å². The third-order valence-electron chi connectivity index (χ3n) is 5.17. The molecule has 3 aromatic rings. The van der Waals surface area contributed by atoms with E-state index >= 15 is 0 Å². The van der Waals surface area contributed by atoms with Crippen LogP contribution in [0, 0.1) is 17.8 Å². The third kappa shape index (κ3) is 2.19. The second-order valence-electron chi connectivity index (χ2n) is 6.64. The fourth-order valence-corrected chi connectivity index (χ4v) is 4.68. The maximum absolute atomic E-state index is 12.7. The molecule has 3 unspecified atom stereocenters. The number of hydrogen-bond acceptors (Lipinski definition) is 3. The van der Waals surface area contributed by atoms with Gasteiger partial charge in [0.15, 0.2) is 4.96 Å². The lowest BCUT2D eigenvalue weighted by Gasteiger charge is -2.18. The second-order valence-corrected chi connectivity index (χ2v) is 7.51. The summed E-state index contributed by atoms with van der Waals surface area (Å²) in [6.07, 6.45) is 10.6. The van der Waals surface area contributed by atoms with Crippen LogP contribution in [0.1, 0.15) is 12.8 Å². The molecular formula is C19H17N3OS. The number of rotatable bonds is 3. The van der Waals surface area contributed by atoms with Crippen molar-refractivity contribution in [2.24, 2.45) is 17.8 Å². The lowest BCUT2D eigenvalue weighted by molar-refractivity contribution is -0.120. The zero-order valence-electron chi connectivity index (χ0n) is 13.1. The molecule has 3 atom stereocenters. The highest BCUT2D eigenvalue weighted by Gasteiger charge is 2.39. The minimum Gasteiger partial charge on any atom is -0.325 e. The first kappa shape index (κ1) is 14.0. The maximum Gasteiger partial charge on any atom is 0.228 e. The molecule has 0 saturated heterocycles. The molecule has 2 aliphatic rings. The van der Waals surface area contributed by atoms with Gasteiger partial charge in [0.1, 0.15) is 0 Å². The Balaban J connectivity index is 1.45. The minimum absolute atomic E-state index is 0.110. The monoisotopic (exact) mass is 335 g/mol. The number of carbonyl (C=O) groups excluding carboxylic acids is 1. The van der Waals surface area contributed by atoms with Crippen molar-refractivity contribution in [3.8, 4) is 11.3 Å². The Morgan fingerprint density at radius 3 is 2.96 bits per heavy atom. The van der Waals surface area contributed by atoms with Crippen LogP contribution in [0.4, 0.5) is 5.69 Å². The number of benzene rings is 1. The number of hydrogen-bond donors (Lipinski definition) is 1. The van der Waals surface area contributed by atoms with Crippen LogP contribution in [0.25, 0.3) is 16.2 Å². The summed E-state index contributed by atoms with van der Waals surface area (Å²) in [6.45, 7) is 0. The topological polar surface area (TPSA) is 46.4 Å². The number of amides is 1. The van der Waals surface area contributed by atoms with E-state index in [1.807, 2.05) is 46.4 Å². The average Bonchev–Trinajstić information content (AvgIpc) is 3.35. The van der Waals surface area contributed by atoms with E-state index in [1.165, 1.54) is 0 Å². The predicted octanol–water partition coefficient (Wildman–Crippen LogP) is 4.21. The summed E-state index contributed by atoms with van der Waals surface area (Å²) in [4.78, 5) is 18.4. The number of imidazole rings is 1. The van der Waals surface area contributed by atoms with Gasteiger partial charge in [-0.25, -0.2) is 4.98 Å². The first-order chi connectivity index (χ1) is 11.8. The van der Waals surface area contributed by atoms with E-state index in [1.54, 1.807) is 11.3 Å². The summed E-state index contributed by atoms with van der Waals surface area (Å²) < 4.78 is 2.01. The summed E-state index contributed by atoms with van der Waals surface area (Å²) >= 11 is 1.61. The molecule has 5 heteroatoms. The number of fused-ring (bicyclic) bond motifs is 3. The highest BCUT2D eigenvalue weighted by molar-refractivity contribution is 7.15. The summed E-state index contributed by atoms with van der Waals surface area (Å²) in [5, 5.41) is 5.17. The van der Waals surface area contributed by atoms with Gasteiger partial charge in [-0.1, -0.05) is 30.4 Å².